The van der Waals surface area contributed by atoms with E-state index in [4.69, 9.17) is 10.3 Å². The van der Waals surface area contributed by atoms with Gasteiger partial charge < -0.3 is 87.2 Å². The van der Waals surface area contributed by atoms with Gasteiger partial charge in [0.05, 0.1) is 31.8 Å². The SMILES string of the molecule is CCCC[C@H]1C(=O)N(C)CC(=O)N[C@@H](CC(=O)O)C(=O)N[C@@H](C(C)C)C(=O)N(C)[C@@H](Cc2ccccc2)C(=O)N[C@@H](Cc2ccc(O)cc2)C(=O)N(C)CC(=O)N[C@@H](Cc2c[nH]c3ccccc23)C(=O)NN[C@@H](CC(C)C)C(=O)N[C@H](C(=O)NCC(N)=O)CSCC(=O)N[C@@H](Cc2ccc(OP(=O)(O)O)cc2)C(=O)N(C)[C@@H](Cc2ccccc2)C(=O)N1C. The summed E-state index contributed by atoms with van der Waals surface area (Å²) >= 11 is 0.784. The number of thioether (sulfide) groups is 1. The van der Waals surface area contributed by atoms with Gasteiger partial charge in [0.2, 0.25) is 76.8 Å². The van der Waals surface area contributed by atoms with Crippen LogP contribution < -0.4 is 58.3 Å². The van der Waals surface area contributed by atoms with E-state index in [0.29, 0.717) is 51.6 Å². The molecule has 16 N–H and O–H groups in total. The minimum absolute atomic E-state index is 0.0107. The van der Waals surface area contributed by atoms with E-state index >= 15 is 24.0 Å². The Bertz CT molecular complexity index is 4750. The minimum Gasteiger partial charge on any atom is -0.508 e. The summed E-state index contributed by atoms with van der Waals surface area (Å²) < 4.78 is 16.6. The fraction of sp³-hybridized carbons (Fsp3) is 0.440. The van der Waals surface area contributed by atoms with Crippen molar-refractivity contribution in [1.82, 2.24) is 77.6 Å². The molecule has 1 saturated heterocycles. The number of carbonyl (C=O) groups is 15. The number of aromatic amines is 1. The lowest BCUT2D eigenvalue weighted by molar-refractivity contribution is -0.151. The normalized spacial score (nSPS) is 21.8. The third-order valence-corrected chi connectivity index (χ3v) is 21.9. The Morgan fingerprint density at radius 3 is 1.64 bits per heavy atom. The highest BCUT2D eigenvalue weighted by molar-refractivity contribution is 8.00. The molecule has 0 radical (unpaired) electrons. The number of aliphatic carboxylic acids is 1. The number of nitrogens with zero attached hydrogens (tertiary/aromatic N) is 5. The number of hydrogen-bond donors (Lipinski definition) is 15. The van der Waals surface area contributed by atoms with E-state index in [1.165, 1.54) is 83.8 Å². The van der Waals surface area contributed by atoms with Crippen molar-refractivity contribution in [2.24, 2.45) is 17.6 Å². The van der Waals surface area contributed by atoms with Gasteiger partial charge in [-0.15, -0.1) is 11.8 Å². The van der Waals surface area contributed by atoms with E-state index in [9.17, 15) is 72.5 Å². The number of rotatable bonds is 23. The third kappa shape index (κ3) is 30.4. The molecule has 5 aromatic carbocycles. The molecule has 7 rings (SSSR count). The third-order valence-electron chi connectivity index (χ3n) is 20.4. The molecule has 123 heavy (non-hydrogen) atoms. The number of amides is 14. The number of carboxylic acids is 1. The monoisotopic (exact) mass is 1740 g/mol. The number of aromatic nitrogens is 1. The molecule has 0 saturated carbocycles. The molecule has 0 spiro atoms. The number of H-pyrrole nitrogens is 1. The number of hydrogen-bond acceptors (Lipinski definition) is 20. The molecular formula is C84H111N16O21PS. The second-order valence-electron chi connectivity index (χ2n) is 31.0. The molecule has 0 aliphatic carbocycles. The van der Waals surface area contributed by atoms with Crippen LogP contribution in [0, 0.1) is 11.8 Å². The topological polar surface area (TPSA) is 530 Å². The van der Waals surface area contributed by atoms with Gasteiger partial charge in [0.25, 0.3) is 5.91 Å². The first kappa shape index (κ1) is 97.9. The number of nitrogens with one attached hydrogen (secondary N) is 10. The molecule has 14 amide bonds. The van der Waals surface area contributed by atoms with Crippen LogP contribution in [0.3, 0.4) is 0 Å². The van der Waals surface area contributed by atoms with Crippen molar-refractivity contribution < 1.29 is 101 Å². The van der Waals surface area contributed by atoms with Gasteiger partial charge in [0.15, 0.2) is 0 Å². The van der Waals surface area contributed by atoms with Crippen LogP contribution in [0.4, 0.5) is 0 Å². The Kier molecular flexibility index (Phi) is 37.1. The van der Waals surface area contributed by atoms with Crippen molar-refractivity contribution >= 4 is 119 Å². The molecule has 1 aliphatic rings. The van der Waals surface area contributed by atoms with E-state index < -0.39 is 200 Å². The molecule has 1 aromatic heterocycles. The number of para-hydroxylation sites is 1. The number of primary amides is 1. The van der Waals surface area contributed by atoms with E-state index in [-0.39, 0.29) is 62.4 Å². The number of phenolic OH excluding ortho intramolecular Hbond substituents is 1. The highest BCUT2D eigenvalue weighted by Crippen LogP contribution is 2.37. The van der Waals surface area contributed by atoms with Gasteiger partial charge in [0, 0.05) is 90.2 Å². The number of aromatic hydroxyl groups is 1. The Balaban J connectivity index is 1.31. The van der Waals surface area contributed by atoms with Crippen LogP contribution in [-0.4, -0.2) is 265 Å². The van der Waals surface area contributed by atoms with Crippen molar-refractivity contribution in [3.8, 4) is 11.5 Å². The molecule has 1 aliphatic heterocycles. The number of carboxylic acid groups (broad SMARTS) is 1. The molecule has 2 heterocycles. The van der Waals surface area contributed by atoms with Gasteiger partial charge in [-0.05, 0) is 82.8 Å². The van der Waals surface area contributed by atoms with Crippen molar-refractivity contribution in [3.05, 3.63) is 167 Å². The quantitative estimate of drug-likeness (QED) is 0.0396. The molecule has 1 fully saturated rings. The van der Waals surface area contributed by atoms with Crippen LogP contribution in [0.1, 0.15) is 94.5 Å². The van der Waals surface area contributed by atoms with Crippen LogP contribution in [0.15, 0.2) is 140 Å². The lowest BCUT2D eigenvalue weighted by atomic mass is 9.98. The Morgan fingerprint density at radius 1 is 0.553 bits per heavy atom. The van der Waals surface area contributed by atoms with Gasteiger partial charge >= 0.3 is 13.8 Å². The predicted octanol–water partition coefficient (Wildman–Crippen LogP) is 0.870. The summed E-state index contributed by atoms with van der Waals surface area (Å²) in [6.45, 7) is 6.15. The summed E-state index contributed by atoms with van der Waals surface area (Å²) in [6.07, 6.45) is 0.134. The summed E-state index contributed by atoms with van der Waals surface area (Å²) in [5.41, 5.74) is 13.7. The predicted molar refractivity (Wildman–Crippen MR) is 454 cm³/mol. The van der Waals surface area contributed by atoms with E-state index in [1.807, 2.05) is 6.92 Å². The Labute approximate surface area is 716 Å². The number of benzene rings is 5. The number of likely N-dealkylation sites (N-methyl/N-ethyl adjacent to an activating group) is 5. The van der Waals surface area contributed by atoms with E-state index in [0.717, 1.165) is 36.3 Å². The Hall–Kier alpha value is -12.3. The molecule has 10 atom stereocenters. The number of phosphoric ester groups is 1. The second-order valence-corrected chi connectivity index (χ2v) is 33.2. The Morgan fingerprint density at radius 2 is 1.07 bits per heavy atom. The number of nitrogens with two attached hydrogens (primary N) is 1. The van der Waals surface area contributed by atoms with Crippen LogP contribution in [-0.2, 0) is 109 Å². The summed E-state index contributed by atoms with van der Waals surface area (Å²) in [5, 5.41) is 39.3. The number of carbonyl (C=O) groups excluding carboxylic acids is 14. The molecule has 664 valence electrons. The zero-order valence-corrected chi connectivity index (χ0v) is 71.9. The highest BCUT2D eigenvalue weighted by atomic mass is 32.2. The van der Waals surface area contributed by atoms with Gasteiger partial charge in [-0.2, -0.15) is 0 Å². The van der Waals surface area contributed by atoms with Crippen molar-refractivity contribution in [2.45, 2.75) is 159 Å². The van der Waals surface area contributed by atoms with Gasteiger partial charge in [0.1, 0.15) is 71.9 Å². The maximum Gasteiger partial charge on any atom is 0.524 e. The van der Waals surface area contributed by atoms with Crippen LogP contribution in [0.2, 0.25) is 0 Å². The fourth-order valence-corrected chi connectivity index (χ4v) is 15.0. The largest absolute Gasteiger partial charge is 0.524 e. The standard InChI is InChI=1S/C84H111N16O21PS/c1-11-12-27-66-82(115)97(7)46-71(104)89-61(42-73(106)107)76(109)93-74(50(4)5)84(117)99(9)67(39-51-21-15-13-16-22-51)79(112)91-63(37-53-28-32-56(101)33-29-53)80(113)96(6)45-70(103)88-60(41-55-43-86-59-26-20-19-25-58(55)59)78(111)95-94-62(36-49(2)3)77(110)92-65(75(108)87-44-69(85)102)47-123-48-72(105)90-64(38-54-30-34-57(35-31-54)121-122(118,119)120)81(114)100(10)68(83(116)98(66)8)40-52-23-17-14-18-24-52/h13-26,28-35,43,49-50,60-68,74,86,94,101H,11-12,27,36-42,44-48H2,1-10H3,(H2,85,102)(H,87,108)(H,88,103)(H,89,104)(H,90,105)(H,91,112)(H,92,110)(H,93,109)(H,95,111)(H,106,107)(H2,118,119,120)/t60-,61-,62-,63-,64-,65-,66-,67-,68-,74-/m0/s1. The number of fused-ring (bicyclic) bond motifs is 1. The van der Waals surface area contributed by atoms with Gasteiger partial charge in [-0.3, -0.25) is 87.1 Å². The van der Waals surface area contributed by atoms with Crippen molar-refractivity contribution in [3.63, 3.8) is 0 Å². The fourth-order valence-electron chi connectivity index (χ4n) is 13.8. The maximum absolute atomic E-state index is 15.5. The zero-order valence-electron chi connectivity index (χ0n) is 70.2. The molecule has 0 unspecified atom stereocenters. The first-order valence-electron chi connectivity index (χ1n) is 40.0. The minimum atomic E-state index is -5.06. The zero-order chi connectivity index (χ0) is 90.5. The number of unbranched alkanes of at least 4 members (excludes halogenated alkanes) is 1. The summed E-state index contributed by atoms with van der Waals surface area (Å²) in [4.78, 5) is 245. The number of phenols is 1. The smallest absolute Gasteiger partial charge is 0.508 e. The van der Waals surface area contributed by atoms with Crippen LogP contribution >= 0.6 is 19.6 Å². The van der Waals surface area contributed by atoms with Crippen LogP contribution in [0.25, 0.3) is 10.9 Å². The molecule has 39 heteroatoms. The molecule has 6 aromatic rings. The lowest BCUT2D eigenvalue weighted by Gasteiger charge is -2.37. The second kappa shape index (κ2) is 46.7. The number of hydrazine groups is 1. The van der Waals surface area contributed by atoms with E-state index in [2.05, 4.69) is 53.1 Å². The molecule has 0 bridgehead atoms. The summed E-state index contributed by atoms with van der Waals surface area (Å²) in [6, 6.07) is 19.4. The number of phosphoric acid groups is 1. The highest BCUT2D eigenvalue weighted by Gasteiger charge is 2.42. The average Bonchev–Trinajstić information content (AvgIpc) is 1.73. The van der Waals surface area contributed by atoms with Crippen LogP contribution in [0.5, 0.6) is 11.5 Å². The van der Waals surface area contributed by atoms with Crippen molar-refractivity contribution in [1.29, 1.82) is 0 Å². The first-order valence-corrected chi connectivity index (χ1v) is 42.6. The van der Waals surface area contributed by atoms with Gasteiger partial charge in [-0.25, -0.2) is 9.99 Å². The first-order chi connectivity index (χ1) is 58.2. The van der Waals surface area contributed by atoms with Gasteiger partial charge in [-0.1, -0.05) is 151 Å². The molecule has 37 nitrogen and oxygen atoms in total. The summed E-state index contributed by atoms with van der Waals surface area (Å²) in [7, 11) is 1.33. The van der Waals surface area contributed by atoms with E-state index in [1.54, 1.807) is 119 Å². The molecular weight excluding hydrogens is 1630 g/mol. The van der Waals surface area contributed by atoms with Crippen molar-refractivity contribution in [2.75, 3.05) is 66.4 Å². The lowest BCUT2D eigenvalue weighted by Crippen LogP contribution is -2.61. The maximum atomic E-state index is 15.5. The summed E-state index contributed by atoms with van der Waals surface area (Å²) in [5.74, 6) is -16.9. The average molecular weight is 1740 g/mol.